The van der Waals surface area contributed by atoms with Crippen LogP contribution in [0.1, 0.15) is 31.2 Å². The Morgan fingerprint density at radius 1 is 1.12 bits per heavy atom. The number of carbonyl (C=O) groups excluding carboxylic acids is 1. The Labute approximate surface area is 205 Å². The Balaban J connectivity index is 0.00000363. The molecule has 0 spiro atoms. The molecule has 1 saturated carbocycles. The van der Waals surface area contributed by atoms with E-state index in [1.165, 1.54) is 37.1 Å². The number of hydrogen-bond acceptors (Lipinski definition) is 4. The Morgan fingerprint density at radius 3 is 2.50 bits per heavy atom. The molecule has 0 radical (unpaired) electrons. The molecule has 174 valence electrons. The topological polar surface area (TPSA) is 84.0 Å². The number of carbonyl (C=O) groups is 1. The van der Waals surface area contributed by atoms with Crippen LogP contribution in [0.25, 0.3) is 0 Å². The lowest BCUT2D eigenvalue weighted by molar-refractivity contribution is -0.115. The largest absolute Gasteiger partial charge is 0.493 e. The van der Waals surface area contributed by atoms with Gasteiger partial charge in [0.25, 0.3) is 0 Å². The van der Waals surface area contributed by atoms with Gasteiger partial charge in [0.2, 0.25) is 5.91 Å². The fourth-order valence-corrected chi connectivity index (χ4v) is 3.47. The van der Waals surface area contributed by atoms with Gasteiger partial charge in [-0.2, -0.15) is 0 Å². The van der Waals surface area contributed by atoms with Crippen molar-refractivity contribution in [2.75, 3.05) is 26.0 Å². The zero-order valence-corrected chi connectivity index (χ0v) is 20.6. The van der Waals surface area contributed by atoms with Crippen LogP contribution in [0.2, 0.25) is 0 Å². The summed E-state index contributed by atoms with van der Waals surface area (Å²) in [4.78, 5) is 16.3. The number of methoxy groups -OCH3 is 1. The average Bonchev–Trinajstić information content (AvgIpc) is 3.29. The normalized spacial score (nSPS) is 13.8. The van der Waals surface area contributed by atoms with Crippen LogP contribution < -0.4 is 25.4 Å². The summed E-state index contributed by atoms with van der Waals surface area (Å²) in [6.07, 6.45) is 4.69. The van der Waals surface area contributed by atoms with Crippen LogP contribution >= 0.6 is 24.0 Å². The third-order valence-corrected chi connectivity index (χ3v) is 5.08. The molecular weight excluding hydrogens is 526 g/mol. The molecule has 7 nitrogen and oxygen atoms in total. The van der Waals surface area contributed by atoms with Crippen molar-refractivity contribution in [3.8, 4) is 11.5 Å². The summed E-state index contributed by atoms with van der Waals surface area (Å²) in [6, 6.07) is 11.4. The van der Waals surface area contributed by atoms with E-state index in [1.807, 2.05) is 18.2 Å². The van der Waals surface area contributed by atoms with Crippen LogP contribution in [0.4, 0.5) is 10.1 Å². The molecule has 0 aliphatic heterocycles. The van der Waals surface area contributed by atoms with Crippen LogP contribution in [-0.4, -0.2) is 38.7 Å². The summed E-state index contributed by atoms with van der Waals surface area (Å²) < 4.78 is 24.7. The maximum atomic E-state index is 13.0. The van der Waals surface area contributed by atoms with Gasteiger partial charge in [-0.05, 0) is 56.0 Å². The van der Waals surface area contributed by atoms with Gasteiger partial charge >= 0.3 is 0 Å². The molecule has 32 heavy (non-hydrogen) atoms. The standard InChI is InChI=1S/C23H29FN4O3.HI/c1-25-23(27-15-21(29)28-18-12-10-17(24)11-13-18)26-14-16-6-5-9-20(30-2)22(16)31-19-7-3-4-8-19;/h5-6,9-13,19H,3-4,7-8,14-15H2,1-2H3,(H,28,29)(H2,25,26,27);1H. The molecule has 0 heterocycles. The molecule has 3 N–H and O–H groups in total. The molecule has 2 aromatic carbocycles. The second-order valence-corrected chi connectivity index (χ2v) is 7.31. The Morgan fingerprint density at radius 2 is 1.84 bits per heavy atom. The smallest absolute Gasteiger partial charge is 0.243 e. The van der Waals surface area contributed by atoms with Crippen LogP contribution in [0.5, 0.6) is 11.5 Å². The molecule has 1 aliphatic carbocycles. The van der Waals surface area contributed by atoms with E-state index in [0.29, 0.717) is 23.9 Å². The van der Waals surface area contributed by atoms with Gasteiger partial charge in [-0.15, -0.1) is 24.0 Å². The number of guanidine groups is 1. The molecule has 1 aliphatic rings. The Bertz CT molecular complexity index is 903. The summed E-state index contributed by atoms with van der Waals surface area (Å²) in [5, 5.41) is 8.88. The fourth-order valence-electron chi connectivity index (χ4n) is 3.47. The van der Waals surface area contributed by atoms with Crippen molar-refractivity contribution >= 4 is 41.5 Å². The summed E-state index contributed by atoms with van der Waals surface area (Å²) >= 11 is 0. The second kappa shape index (κ2) is 13.1. The third kappa shape index (κ3) is 7.54. The number of ether oxygens (including phenoxy) is 2. The minimum atomic E-state index is -0.352. The molecule has 1 amide bonds. The molecule has 0 bridgehead atoms. The van der Waals surface area contributed by atoms with Gasteiger partial charge < -0.3 is 25.4 Å². The van der Waals surface area contributed by atoms with Gasteiger partial charge in [-0.25, -0.2) is 4.39 Å². The van der Waals surface area contributed by atoms with E-state index in [0.717, 1.165) is 24.2 Å². The Hall–Kier alpha value is -2.56. The molecule has 0 atom stereocenters. The van der Waals surface area contributed by atoms with Crippen molar-refractivity contribution in [3.63, 3.8) is 0 Å². The number of halogens is 2. The van der Waals surface area contributed by atoms with Crippen molar-refractivity contribution in [3.05, 3.63) is 53.8 Å². The molecule has 2 aromatic rings. The summed E-state index contributed by atoms with van der Waals surface area (Å²) in [7, 11) is 3.27. The zero-order valence-electron chi connectivity index (χ0n) is 18.3. The number of rotatable bonds is 8. The number of amides is 1. The molecule has 0 aromatic heterocycles. The molecule has 0 unspecified atom stereocenters. The summed E-state index contributed by atoms with van der Waals surface area (Å²) in [6.45, 7) is 0.471. The van der Waals surface area contributed by atoms with Gasteiger partial charge in [0.15, 0.2) is 17.5 Å². The highest BCUT2D eigenvalue weighted by molar-refractivity contribution is 14.0. The first-order valence-electron chi connectivity index (χ1n) is 10.4. The first kappa shape index (κ1) is 25.7. The molecule has 9 heteroatoms. The quantitative estimate of drug-likeness (QED) is 0.260. The van der Waals surface area contributed by atoms with E-state index in [4.69, 9.17) is 9.47 Å². The number of nitrogens with zero attached hydrogens (tertiary/aromatic N) is 1. The van der Waals surface area contributed by atoms with Crippen LogP contribution in [0.3, 0.4) is 0 Å². The number of anilines is 1. The predicted octanol–water partition coefficient (Wildman–Crippen LogP) is 4.08. The van der Waals surface area contributed by atoms with Crippen LogP contribution in [0, 0.1) is 5.82 Å². The van der Waals surface area contributed by atoms with E-state index in [9.17, 15) is 9.18 Å². The minimum Gasteiger partial charge on any atom is -0.493 e. The maximum Gasteiger partial charge on any atom is 0.243 e. The first-order valence-corrected chi connectivity index (χ1v) is 10.4. The van der Waals surface area contributed by atoms with E-state index in [1.54, 1.807) is 14.2 Å². The van der Waals surface area contributed by atoms with Crippen molar-refractivity contribution in [2.24, 2.45) is 4.99 Å². The van der Waals surface area contributed by atoms with Crippen LogP contribution in [-0.2, 0) is 11.3 Å². The van der Waals surface area contributed by atoms with Crippen molar-refractivity contribution in [2.45, 2.75) is 38.3 Å². The summed E-state index contributed by atoms with van der Waals surface area (Å²) in [5.74, 6) is 1.31. The van der Waals surface area contributed by atoms with Crippen molar-refractivity contribution in [1.82, 2.24) is 10.6 Å². The third-order valence-electron chi connectivity index (χ3n) is 5.08. The Kier molecular flexibility index (Phi) is 10.5. The molecule has 0 saturated heterocycles. The van der Waals surface area contributed by atoms with E-state index < -0.39 is 0 Å². The number of benzene rings is 2. The number of hydrogen-bond donors (Lipinski definition) is 3. The molecule has 3 rings (SSSR count). The average molecular weight is 556 g/mol. The van der Waals surface area contributed by atoms with Crippen molar-refractivity contribution < 1.29 is 18.7 Å². The number of para-hydroxylation sites is 1. The monoisotopic (exact) mass is 556 g/mol. The lowest BCUT2D eigenvalue weighted by Crippen LogP contribution is -2.41. The highest BCUT2D eigenvalue weighted by Gasteiger charge is 2.20. The highest BCUT2D eigenvalue weighted by atomic mass is 127. The van der Waals surface area contributed by atoms with Crippen molar-refractivity contribution in [1.29, 1.82) is 0 Å². The maximum absolute atomic E-state index is 13.0. The fraction of sp³-hybridized carbons (Fsp3) is 0.391. The lowest BCUT2D eigenvalue weighted by Gasteiger charge is -2.20. The first-order chi connectivity index (χ1) is 15.1. The van der Waals surface area contributed by atoms with E-state index in [2.05, 4.69) is 20.9 Å². The second-order valence-electron chi connectivity index (χ2n) is 7.31. The van der Waals surface area contributed by atoms with E-state index >= 15 is 0 Å². The van der Waals surface area contributed by atoms with Gasteiger partial charge in [-0.3, -0.25) is 9.79 Å². The van der Waals surface area contributed by atoms with Gasteiger partial charge in [0, 0.05) is 24.8 Å². The van der Waals surface area contributed by atoms with Gasteiger partial charge in [0.05, 0.1) is 19.8 Å². The van der Waals surface area contributed by atoms with Gasteiger partial charge in [-0.1, -0.05) is 12.1 Å². The molecule has 1 fully saturated rings. The van der Waals surface area contributed by atoms with Crippen LogP contribution in [0.15, 0.2) is 47.5 Å². The molecular formula is C23H30FIN4O3. The number of aliphatic imine (C=N–C) groups is 1. The minimum absolute atomic E-state index is 0. The highest BCUT2D eigenvalue weighted by Crippen LogP contribution is 2.34. The predicted molar refractivity (Wildman–Crippen MR) is 135 cm³/mol. The number of nitrogens with one attached hydrogen (secondary N) is 3. The van der Waals surface area contributed by atoms with E-state index in [-0.39, 0.29) is 48.3 Å². The SMILES string of the molecule is CN=C(NCC(=O)Nc1ccc(F)cc1)NCc1cccc(OC)c1OC1CCCC1.I. The zero-order chi connectivity index (χ0) is 22.1. The lowest BCUT2D eigenvalue weighted by atomic mass is 10.1. The van der Waals surface area contributed by atoms with Gasteiger partial charge in [0.1, 0.15) is 5.82 Å². The summed E-state index contributed by atoms with van der Waals surface area (Å²) in [5.41, 5.74) is 1.48.